The lowest BCUT2D eigenvalue weighted by Gasteiger charge is -2.31. The summed E-state index contributed by atoms with van der Waals surface area (Å²) in [5.41, 5.74) is 6.32. The molecule has 1 aliphatic heterocycles. The Labute approximate surface area is 111 Å². The lowest BCUT2D eigenvalue weighted by molar-refractivity contribution is -0.122. The van der Waals surface area contributed by atoms with E-state index in [1.165, 1.54) is 18.2 Å². The highest BCUT2D eigenvalue weighted by atomic mass is 19.1. The number of hydrogen-bond donors (Lipinski definition) is 2. The highest BCUT2D eigenvalue weighted by Gasteiger charge is 2.23. The molecule has 0 radical (unpaired) electrons. The number of carbonyl (C=O) groups is 1. The number of nitrogens with zero attached hydrogens (tertiary/aromatic N) is 1. The number of nitrogens with one attached hydrogen (secondary N) is 1. The van der Waals surface area contributed by atoms with Gasteiger partial charge in [-0.25, -0.2) is 4.39 Å². The van der Waals surface area contributed by atoms with E-state index in [9.17, 15) is 9.18 Å². The maximum atomic E-state index is 12.9. The van der Waals surface area contributed by atoms with Gasteiger partial charge in [0.2, 0.25) is 5.91 Å². The highest BCUT2D eigenvalue weighted by Crippen LogP contribution is 2.19. The number of morpholine rings is 1. The molecule has 1 atom stereocenters. The largest absolute Gasteiger partial charge is 0.397 e. The summed E-state index contributed by atoms with van der Waals surface area (Å²) in [5.74, 6) is -0.572. The Morgan fingerprint density at radius 3 is 2.79 bits per heavy atom. The third-order valence-electron chi connectivity index (χ3n) is 3.24. The summed E-state index contributed by atoms with van der Waals surface area (Å²) >= 11 is 0. The van der Waals surface area contributed by atoms with Gasteiger partial charge in [-0.15, -0.1) is 0 Å². The van der Waals surface area contributed by atoms with Crippen LogP contribution < -0.4 is 11.1 Å². The molecule has 1 unspecified atom stereocenters. The highest BCUT2D eigenvalue weighted by molar-refractivity contribution is 5.97. The minimum atomic E-state index is -0.420. The molecule has 3 N–H and O–H groups in total. The van der Waals surface area contributed by atoms with Crippen LogP contribution in [0, 0.1) is 5.82 Å². The fraction of sp³-hybridized carbons (Fsp3) is 0.462. The van der Waals surface area contributed by atoms with E-state index in [2.05, 4.69) is 5.32 Å². The van der Waals surface area contributed by atoms with Crippen LogP contribution in [0.1, 0.15) is 6.92 Å². The van der Waals surface area contributed by atoms with E-state index in [0.29, 0.717) is 18.9 Å². The fourth-order valence-corrected chi connectivity index (χ4v) is 2.02. The molecule has 1 heterocycles. The standard InChI is InChI=1S/C13H18FN3O2/c1-9(17-4-6-19-7-5-17)13(18)16-12-3-2-10(14)8-11(12)15/h2-3,8-9H,4-7,15H2,1H3,(H,16,18). The third-order valence-corrected chi connectivity index (χ3v) is 3.24. The number of nitrogen functional groups attached to an aromatic ring is 1. The molecule has 0 spiro atoms. The smallest absolute Gasteiger partial charge is 0.241 e. The number of carbonyl (C=O) groups excluding carboxylic acids is 1. The second-order valence-electron chi connectivity index (χ2n) is 4.55. The van der Waals surface area contributed by atoms with Gasteiger partial charge in [0.05, 0.1) is 30.6 Å². The van der Waals surface area contributed by atoms with Crippen molar-refractivity contribution < 1.29 is 13.9 Å². The number of halogens is 1. The maximum Gasteiger partial charge on any atom is 0.241 e. The van der Waals surface area contributed by atoms with Crippen molar-refractivity contribution in [1.82, 2.24) is 4.90 Å². The minimum Gasteiger partial charge on any atom is -0.397 e. The van der Waals surface area contributed by atoms with Crippen molar-refractivity contribution in [2.45, 2.75) is 13.0 Å². The molecule has 19 heavy (non-hydrogen) atoms. The molecule has 104 valence electrons. The zero-order valence-corrected chi connectivity index (χ0v) is 10.9. The van der Waals surface area contributed by atoms with Crippen LogP contribution in [-0.2, 0) is 9.53 Å². The molecule has 5 nitrogen and oxygen atoms in total. The second kappa shape index (κ2) is 5.99. The SMILES string of the molecule is CC(C(=O)Nc1ccc(F)cc1N)N1CCOCC1. The summed E-state index contributed by atoms with van der Waals surface area (Å²) in [4.78, 5) is 14.1. The Hall–Kier alpha value is -1.66. The Bertz CT molecular complexity index is 461. The summed E-state index contributed by atoms with van der Waals surface area (Å²) < 4.78 is 18.2. The van der Waals surface area contributed by atoms with E-state index in [0.717, 1.165) is 13.1 Å². The molecule has 0 bridgehead atoms. The first-order valence-corrected chi connectivity index (χ1v) is 6.25. The molecule has 1 aromatic rings. The van der Waals surface area contributed by atoms with Crippen molar-refractivity contribution in [3.05, 3.63) is 24.0 Å². The van der Waals surface area contributed by atoms with E-state index in [1.807, 2.05) is 11.8 Å². The molecule has 1 saturated heterocycles. The summed E-state index contributed by atoms with van der Waals surface area (Å²) in [7, 11) is 0. The van der Waals surface area contributed by atoms with Crippen LogP contribution in [0.15, 0.2) is 18.2 Å². The summed E-state index contributed by atoms with van der Waals surface area (Å²) in [6, 6.07) is 3.66. The van der Waals surface area contributed by atoms with E-state index >= 15 is 0 Å². The van der Waals surface area contributed by atoms with Gasteiger partial charge < -0.3 is 15.8 Å². The molecule has 0 saturated carbocycles. The first-order valence-electron chi connectivity index (χ1n) is 6.25. The van der Waals surface area contributed by atoms with Crippen LogP contribution in [0.5, 0.6) is 0 Å². The van der Waals surface area contributed by atoms with Crippen LogP contribution in [0.2, 0.25) is 0 Å². The lowest BCUT2D eigenvalue weighted by atomic mass is 10.2. The van der Waals surface area contributed by atoms with Gasteiger partial charge in [0.25, 0.3) is 0 Å². The first-order chi connectivity index (χ1) is 9.08. The normalized spacial score (nSPS) is 18.0. The van der Waals surface area contributed by atoms with Crippen molar-refractivity contribution in [1.29, 1.82) is 0 Å². The quantitative estimate of drug-likeness (QED) is 0.804. The van der Waals surface area contributed by atoms with Crippen LogP contribution in [0.4, 0.5) is 15.8 Å². The van der Waals surface area contributed by atoms with E-state index in [-0.39, 0.29) is 17.6 Å². The predicted molar refractivity (Wildman–Crippen MR) is 71.3 cm³/mol. The zero-order valence-electron chi connectivity index (χ0n) is 10.9. The minimum absolute atomic E-state index is 0.153. The fourth-order valence-electron chi connectivity index (χ4n) is 2.02. The number of hydrogen-bond acceptors (Lipinski definition) is 4. The zero-order chi connectivity index (χ0) is 13.8. The van der Waals surface area contributed by atoms with Crippen LogP contribution >= 0.6 is 0 Å². The van der Waals surface area contributed by atoms with Crippen LogP contribution in [0.3, 0.4) is 0 Å². The van der Waals surface area contributed by atoms with Gasteiger partial charge in [-0.05, 0) is 25.1 Å². The average molecular weight is 267 g/mol. The Kier molecular flexibility index (Phi) is 4.34. The van der Waals surface area contributed by atoms with Crippen molar-refractivity contribution in [2.75, 3.05) is 37.4 Å². The molecule has 1 aliphatic rings. The topological polar surface area (TPSA) is 67.6 Å². The number of nitrogens with two attached hydrogens (primary N) is 1. The Balaban J connectivity index is 1.99. The monoisotopic (exact) mass is 267 g/mol. The number of benzene rings is 1. The maximum absolute atomic E-state index is 12.9. The molecule has 6 heteroatoms. The average Bonchev–Trinajstić information content (AvgIpc) is 2.42. The van der Waals surface area contributed by atoms with Crippen LogP contribution in [0.25, 0.3) is 0 Å². The molecule has 1 amide bonds. The molecule has 1 fully saturated rings. The molecule has 2 rings (SSSR count). The van der Waals surface area contributed by atoms with Crippen LogP contribution in [-0.4, -0.2) is 43.2 Å². The predicted octanol–water partition coefficient (Wildman–Crippen LogP) is 1.07. The van der Waals surface area contributed by atoms with Gasteiger partial charge in [-0.1, -0.05) is 0 Å². The molecule has 1 aromatic carbocycles. The Morgan fingerprint density at radius 2 is 2.16 bits per heavy atom. The van der Waals surface area contributed by atoms with Crippen molar-refractivity contribution in [3.63, 3.8) is 0 Å². The summed E-state index contributed by atoms with van der Waals surface area (Å²) in [6.07, 6.45) is 0. The van der Waals surface area contributed by atoms with Crippen molar-refractivity contribution >= 4 is 17.3 Å². The second-order valence-corrected chi connectivity index (χ2v) is 4.55. The number of ether oxygens (including phenoxy) is 1. The van der Waals surface area contributed by atoms with Gasteiger partial charge in [0.15, 0.2) is 0 Å². The summed E-state index contributed by atoms with van der Waals surface area (Å²) in [6.45, 7) is 4.56. The number of rotatable bonds is 3. The molecular weight excluding hydrogens is 249 g/mol. The van der Waals surface area contributed by atoms with E-state index < -0.39 is 5.82 Å². The number of anilines is 2. The molecule has 0 aliphatic carbocycles. The van der Waals surface area contributed by atoms with Crippen molar-refractivity contribution in [3.8, 4) is 0 Å². The third kappa shape index (κ3) is 3.42. The van der Waals surface area contributed by atoms with E-state index in [4.69, 9.17) is 10.5 Å². The van der Waals surface area contributed by atoms with Gasteiger partial charge in [-0.3, -0.25) is 9.69 Å². The lowest BCUT2D eigenvalue weighted by Crippen LogP contribution is -2.47. The summed E-state index contributed by atoms with van der Waals surface area (Å²) in [5, 5.41) is 2.72. The number of amides is 1. The van der Waals surface area contributed by atoms with Gasteiger partial charge in [0.1, 0.15) is 5.82 Å². The van der Waals surface area contributed by atoms with Gasteiger partial charge in [0, 0.05) is 13.1 Å². The molecule has 0 aromatic heterocycles. The van der Waals surface area contributed by atoms with E-state index in [1.54, 1.807) is 0 Å². The van der Waals surface area contributed by atoms with Crippen molar-refractivity contribution in [2.24, 2.45) is 0 Å². The van der Waals surface area contributed by atoms with Gasteiger partial charge in [-0.2, -0.15) is 0 Å². The first kappa shape index (κ1) is 13.8. The Morgan fingerprint density at radius 1 is 1.47 bits per heavy atom. The van der Waals surface area contributed by atoms with Gasteiger partial charge >= 0.3 is 0 Å². The molecular formula is C13H18FN3O2.